The first-order valence-electron chi connectivity index (χ1n) is 5.60. The highest BCUT2D eigenvalue weighted by Crippen LogP contribution is 2.19. The molecule has 94 valence electrons. The van der Waals surface area contributed by atoms with E-state index in [4.69, 9.17) is 11.6 Å². The summed E-state index contributed by atoms with van der Waals surface area (Å²) < 4.78 is 0. The summed E-state index contributed by atoms with van der Waals surface area (Å²) in [6, 6.07) is 7.48. The van der Waals surface area contributed by atoms with E-state index < -0.39 is 11.5 Å². The average molecular weight is 256 g/mol. The maximum atomic E-state index is 11.2. The molecule has 1 N–H and O–H groups in total. The lowest BCUT2D eigenvalue weighted by Crippen LogP contribution is -2.49. The van der Waals surface area contributed by atoms with Gasteiger partial charge in [-0.25, -0.2) is 0 Å². The van der Waals surface area contributed by atoms with Gasteiger partial charge < -0.3 is 5.11 Å². The minimum Gasteiger partial charge on any atom is -0.480 e. The Balaban J connectivity index is 2.83. The van der Waals surface area contributed by atoms with E-state index in [9.17, 15) is 9.90 Å². The molecule has 0 aliphatic heterocycles. The van der Waals surface area contributed by atoms with Crippen LogP contribution in [-0.2, 0) is 11.3 Å². The number of rotatable bonds is 5. The third-order valence-electron chi connectivity index (χ3n) is 2.98. The molecule has 0 aromatic heterocycles. The molecule has 0 saturated carbocycles. The van der Waals surface area contributed by atoms with Crippen molar-refractivity contribution in [3.8, 4) is 0 Å². The zero-order valence-electron chi connectivity index (χ0n) is 10.4. The SMILES string of the molecule is CCN(Cc1ccc(Cl)cc1)C(C)(C)C(=O)O. The van der Waals surface area contributed by atoms with Gasteiger partial charge in [0.2, 0.25) is 0 Å². The molecule has 1 rings (SSSR count). The van der Waals surface area contributed by atoms with Crippen LogP contribution in [0.1, 0.15) is 26.3 Å². The van der Waals surface area contributed by atoms with Gasteiger partial charge in [0.25, 0.3) is 0 Å². The summed E-state index contributed by atoms with van der Waals surface area (Å²) in [6.45, 7) is 6.68. The van der Waals surface area contributed by atoms with Crippen molar-refractivity contribution >= 4 is 17.6 Å². The van der Waals surface area contributed by atoms with Crippen LogP contribution in [0.4, 0.5) is 0 Å². The molecule has 4 heteroatoms. The number of likely N-dealkylation sites (N-methyl/N-ethyl adjacent to an activating group) is 1. The van der Waals surface area contributed by atoms with E-state index in [-0.39, 0.29) is 0 Å². The van der Waals surface area contributed by atoms with Gasteiger partial charge in [0, 0.05) is 11.6 Å². The molecular weight excluding hydrogens is 238 g/mol. The van der Waals surface area contributed by atoms with Crippen molar-refractivity contribution in [3.63, 3.8) is 0 Å². The van der Waals surface area contributed by atoms with Crippen molar-refractivity contribution in [3.05, 3.63) is 34.9 Å². The van der Waals surface area contributed by atoms with E-state index in [2.05, 4.69) is 0 Å². The van der Waals surface area contributed by atoms with Gasteiger partial charge in [-0.15, -0.1) is 0 Å². The molecule has 0 unspecified atom stereocenters. The molecule has 0 spiro atoms. The Bertz CT molecular complexity index is 387. The van der Waals surface area contributed by atoms with Crippen molar-refractivity contribution in [1.82, 2.24) is 4.90 Å². The second kappa shape index (κ2) is 5.52. The Labute approximate surface area is 107 Å². The normalized spacial score (nSPS) is 11.8. The van der Waals surface area contributed by atoms with Crippen LogP contribution in [0.2, 0.25) is 5.02 Å². The summed E-state index contributed by atoms with van der Waals surface area (Å²) in [5.41, 5.74) is 0.194. The first-order valence-corrected chi connectivity index (χ1v) is 5.98. The van der Waals surface area contributed by atoms with Crippen LogP contribution in [0.3, 0.4) is 0 Å². The average Bonchev–Trinajstić information content (AvgIpc) is 2.27. The van der Waals surface area contributed by atoms with E-state index >= 15 is 0 Å². The molecule has 1 aromatic carbocycles. The van der Waals surface area contributed by atoms with E-state index in [1.165, 1.54) is 0 Å². The van der Waals surface area contributed by atoms with Gasteiger partial charge >= 0.3 is 5.97 Å². The van der Waals surface area contributed by atoms with Crippen molar-refractivity contribution < 1.29 is 9.90 Å². The smallest absolute Gasteiger partial charge is 0.323 e. The van der Waals surface area contributed by atoms with Gasteiger partial charge in [-0.1, -0.05) is 30.7 Å². The molecule has 0 amide bonds. The van der Waals surface area contributed by atoms with Gasteiger partial charge in [-0.3, -0.25) is 9.69 Å². The highest BCUT2D eigenvalue weighted by Gasteiger charge is 2.33. The zero-order chi connectivity index (χ0) is 13.1. The van der Waals surface area contributed by atoms with Gasteiger partial charge in [0.05, 0.1) is 0 Å². The monoisotopic (exact) mass is 255 g/mol. The van der Waals surface area contributed by atoms with Gasteiger partial charge in [0.1, 0.15) is 5.54 Å². The van der Waals surface area contributed by atoms with Crippen molar-refractivity contribution in [2.24, 2.45) is 0 Å². The van der Waals surface area contributed by atoms with Crippen LogP contribution in [-0.4, -0.2) is 28.1 Å². The number of hydrogen-bond acceptors (Lipinski definition) is 2. The molecule has 0 saturated heterocycles. The summed E-state index contributed by atoms with van der Waals surface area (Å²) >= 11 is 5.81. The molecule has 0 aliphatic rings. The topological polar surface area (TPSA) is 40.5 Å². The maximum absolute atomic E-state index is 11.2. The Morgan fingerprint density at radius 3 is 2.29 bits per heavy atom. The summed E-state index contributed by atoms with van der Waals surface area (Å²) in [4.78, 5) is 13.1. The van der Waals surface area contributed by atoms with Crippen LogP contribution in [0, 0.1) is 0 Å². The maximum Gasteiger partial charge on any atom is 0.323 e. The van der Waals surface area contributed by atoms with Crippen LogP contribution < -0.4 is 0 Å². The summed E-state index contributed by atoms with van der Waals surface area (Å²) in [5.74, 6) is -0.812. The molecule has 0 bridgehead atoms. The van der Waals surface area contributed by atoms with E-state index in [0.717, 1.165) is 5.56 Å². The number of hydrogen-bond donors (Lipinski definition) is 1. The quantitative estimate of drug-likeness (QED) is 0.879. The van der Waals surface area contributed by atoms with E-state index in [1.54, 1.807) is 13.8 Å². The first-order chi connectivity index (χ1) is 7.87. The predicted octanol–water partition coefficient (Wildman–Crippen LogP) is 3.03. The van der Waals surface area contributed by atoms with E-state index in [1.807, 2.05) is 36.1 Å². The largest absolute Gasteiger partial charge is 0.480 e. The summed E-state index contributed by atoms with van der Waals surface area (Å²) in [7, 11) is 0. The minimum atomic E-state index is -0.867. The Morgan fingerprint density at radius 2 is 1.88 bits per heavy atom. The van der Waals surface area contributed by atoms with Crippen LogP contribution in [0.25, 0.3) is 0 Å². The van der Waals surface area contributed by atoms with Gasteiger partial charge in [-0.05, 0) is 38.1 Å². The lowest BCUT2D eigenvalue weighted by atomic mass is 10.0. The fourth-order valence-electron chi connectivity index (χ4n) is 1.65. The second-order valence-electron chi connectivity index (χ2n) is 4.50. The standard InChI is InChI=1S/C13H18ClNO2/c1-4-15(13(2,3)12(16)17)9-10-5-7-11(14)8-6-10/h5-8H,4,9H2,1-3H3,(H,16,17). The van der Waals surface area contributed by atoms with Crippen molar-refractivity contribution in [1.29, 1.82) is 0 Å². The summed E-state index contributed by atoms with van der Waals surface area (Å²) in [6.07, 6.45) is 0. The molecule has 1 aromatic rings. The lowest BCUT2D eigenvalue weighted by molar-refractivity contribution is -0.149. The highest BCUT2D eigenvalue weighted by molar-refractivity contribution is 6.30. The van der Waals surface area contributed by atoms with Crippen molar-refractivity contribution in [2.45, 2.75) is 32.9 Å². The number of aliphatic carboxylic acids is 1. The third-order valence-corrected chi connectivity index (χ3v) is 3.23. The third kappa shape index (κ3) is 3.45. The number of benzene rings is 1. The first kappa shape index (κ1) is 14.0. The number of carbonyl (C=O) groups is 1. The van der Waals surface area contributed by atoms with Gasteiger partial charge in [0.15, 0.2) is 0 Å². The molecule has 0 radical (unpaired) electrons. The summed E-state index contributed by atoms with van der Waals surface area (Å²) in [5, 5.41) is 9.89. The Hall–Kier alpha value is -1.06. The van der Waals surface area contributed by atoms with E-state index in [0.29, 0.717) is 18.1 Å². The Kier molecular flexibility index (Phi) is 4.54. The number of halogens is 1. The Morgan fingerprint density at radius 1 is 1.35 bits per heavy atom. The fourth-order valence-corrected chi connectivity index (χ4v) is 1.78. The van der Waals surface area contributed by atoms with Crippen LogP contribution in [0.15, 0.2) is 24.3 Å². The molecule has 17 heavy (non-hydrogen) atoms. The molecule has 0 heterocycles. The number of nitrogens with zero attached hydrogens (tertiary/aromatic N) is 1. The fraction of sp³-hybridized carbons (Fsp3) is 0.462. The highest BCUT2D eigenvalue weighted by atomic mass is 35.5. The van der Waals surface area contributed by atoms with Gasteiger partial charge in [-0.2, -0.15) is 0 Å². The number of carboxylic acids is 1. The molecule has 3 nitrogen and oxygen atoms in total. The second-order valence-corrected chi connectivity index (χ2v) is 4.94. The van der Waals surface area contributed by atoms with Crippen LogP contribution >= 0.6 is 11.6 Å². The molecular formula is C13H18ClNO2. The minimum absolute atomic E-state index is 0.604. The molecule has 0 aliphatic carbocycles. The number of carboxylic acid groups (broad SMARTS) is 1. The van der Waals surface area contributed by atoms with Crippen LogP contribution in [0.5, 0.6) is 0 Å². The molecule has 0 atom stereocenters. The lowest BCUT2D eigenvalue weighted by Gasteiger charge is -2.34. The van der Waals surface area contributed by atoms with Crippen molar-refractivity contribution in [2.75, 3.05) is 6.54 Å². The zero-order valence-corrected chi connectivity index (χ0v) is 11.2. The molecule has 0 fully saturated rings. The predicted molar refractivity (Wildman–Crippen MR) is 69.3 cm³/mol.